The minimum absolute atomic E-state index is 0.174. The largest absolute Gasteiger partial charge is 0.414 e. The first-order valence-corrected chi connectivity index (χ1v) is 12.6. The van der Waals surface area contributed by atoms with E-state index in [4.69, 9.17) is 8.61 Å². The Balaban J connectivity index is 5.27. The zero-order valence-electron chi connectivity index (χ0n) is 14.3. The zero-order chi connectivity index (χ0) is 16.8. The zero-order valence-corrected chi connectivity index (χ0v) is 16.1. The van der Waals surface area contributed by atoms with Crippen LogP contribution in [0.25, 0.3) is 0 Å². The molecule has 0 aromatic carbocycles. The summed E-state index contributed by atoms with van der Waals surface area (Å²) in [4.78, 5) is 11.2. The molecule has 0 saturated carbocycles. The summed E-state index contributed by atoms with van der Waals surface area (Å²) in [7, 11) is -5.39. The fraction of sp³-hybridized carbons (Fsp3) is 0.929. The molecule has 7 heteroatoms. The lowest BCUT2D eigenvalue weighted by Crippen LogP contribution is -2.44. The monoisotopic (exact) mass is 338 g/mol. The molecule has 0 aromatic heterocycles. The van der Waals surface area contributed by atoms with E-state index < -0.39 is 24.5 Å². The van der Waals surface area contributed by atoms with Crippen molar-refractivity contribution in [3.63, 3.8) is 0 Å². The van der Waals surface area contributed by atoms with Gasteiger partial charge >= 0.3 is 0 Å². The Kier molecular flexibility index (Phi) is 8.31. The van der Waals surface area contributed by atoms with Crippen LogP contribution in [0.1, 0.15) is 33.6 Å². The Hall–Kier alpha value is -0.243. The van der Waals surface area contributed by atoms with E-state index in [1.165, 1.54) is 0 Å². The van der Waals surface area contributed by atoms with Gasteiger partial charge in [0.15, 0.2) is 8.32 Å². The summed E-state index contributed by atoms with van der Waals surface area (Å²) in [6.45, 7) is 11.8. The SMILES string of the molecule is CCC[C@@H](OS(C)(=O)=O)[C@H](C)[C@@H](O[Si](C)(C)C)[C@@H](C)C=O. The van der Waals surface area contributed by atoms with Gasteiger partial charge in [-0.1, -0.05) is 27.2 Å². The first-order chi connectivity index (χ1) is 9.41. The second-order valence-corrected chi connectivity index (χ2v) is 12.7. The molecule has 0 fully saturated rings. The first-order valence-electron chi connectivity index (χ1n) is 7.42. The van der Waals surface area contributed by atoms with Crippen LogP contribution in [0.2, 0.25) is 19.6 Å². The molecule has 4 atom stereocenters. The number of aldehydes is 1. The number of hydrogen-bond acceptors (Lipinski definition) is 5. The second-order valence-electron chi connectivity index (χ2n) is 6.68. The summed E-state index contributed by atoms with van der Waals surface area (Å²) in [5.41, 5.74) is 0. The lowest BCUT2D eigenvalue weighted by molar-refractivity contribution is -0.115. The third-order valence-electron chi connectivity index (χ3n) is 3.20. The molecule has 0 aliphatic rings. The molecule has 0 radical (unpaired) electrons. The fourth-order valence-corrected chi connectivity index (χ4v) is 4.26. The van der Waals surface area contributed by atoms with Crippen molar-refractivity contribution in [1.29, 1.82) is 0 Å². The van der Waals surface area contributed by atoms with Gasteiger partial charge in [0, 0.05) is 11.8 Å². The molecule has 0 aliphatic heterocycles. The predicted octanol–water partition coefficient (Wildman–Crippen LogP) is 2.82. The van der Waals surface area contributed by atoms with Gasteiger partial charge in [0.25, 0.3) is 10.1 Å². The molecule has 0 amide bonds. The van der Waals surface area contributed by atoms with Crippen LogP contribution in [0.15, 0.2) is 0 Å². The van der Waals surface area contributed by atoms with E-state index in [1.54, 1.807) is 6.92 Å². The molecular formula is C14H30O5SSi. The summed E-state index contributed by atoms with van der Waals surface area (Å²) >= 11 is 0. The van der Waals surface area contributed by atoms with E-state index in [-0.39, 0.29) is 17.9 Å². The number of carbonyl (C=O) groups is 1. The third-order valence-corrected chi connectivity index (χ3v) is 4.77. The molecule has 5 nitrogen and oxygen atoms in total. The number of rotatable bonds is 10. The normalized spacial score (nSPS) is 18.8. The Labute approximate surface area is 130 Å². The highest BCUT2D eigenvalue weighted by molar-refractivity contribution is 7.86. The van der Waals surface area contributed by atoms with Gasteiger partial charge in [-0.15, -0.1) is 0 Å². The molecule has 21 heavy (non-hydrogen) atoms. The van der Waals surface area contributed by atoms with Crippen LogP contribution in [0.5, 0.6) is 0 Å². The van der Waals surface area contributed by atoms with Crippen molar-refractivity contribution in [2.45, 2.75) is 65.5 Å². The van der Waals surface area contributed by atoms with Crippen molar-refractivity contribution in [2.24, 2.45) is 11.8 Å². The predicted molar refractivity (Wildman–Crippen MR) is 87.2 cm³/mol. The van der Waals surface area contributed by atoms with Crippen LogP contribution in [0.4, 0.5) is 0 Å². The van der Waals surface area contributed by atoms with Gasteiger partial charge in [-0.2, -0.15) is 8.42 Å². The van der Waals surface area contributed by atoms with Gasteiger partial charge in [-0.05, 0) is 26.1 Å². The Morgan fingerprint density at radius 3 is 2.05 bits per heavy atom. The maximum Gasteiger partial charge on any atom is 0.264 e. The smallest absolute Gasteiger partial charge is 0.264 e. The molecule has 126 valence electrons. The van der Waals surface area contributed by atoms with E-state index in [2.05, 4.69) is 19.6 Å². The molecule has 0 aromatic rings. The Bertz CT molecular complexity index is 416. The third kappa shape index (κ3) is 8.70. The van der Waals surface area contributed by atoms with Crippen LogP contribution in [0.3, 0.4) is 0 Å². The molecular weight excluding hydrogens is 308 g/mol. The lowest BCUT2D eigenvalue weighted by Gasteiger charge is -2.36. The van der Waals surface area contributed by atoms with E-state index in [9.17, 15) is 13.2 Å². The maximum absolute atomic E-state index is 11.4. The van der Waals surface area contributed by atoms with Gasteiger partial charge in [-0.3, -0.25) is 4.18 Å². The molecule has 0 unspecified atom stereocenters. The maximum atomic E-state index is 11.4. The van der Waals surface area contributed by atoms with Crippen LogP contribution in [-0.2, 0) is 23.5 Å². The molecule has 0 saturated heterocycles. The highest BCUT2D eigenvalue weighted by Crippen LogP contribution is 2.27. The topological polar surface area (TPSA) is 69.7 Å². The van der Waals surface area contributed by atoms with Crippen molar-refractivity contribution < 1.29 is 21.8 Å². The second kappa shape index (κ2) is 8.41. The highest BCUT2D eigenvalue weighted by Gasteiger charge is 2.35. The van der Waals surface area contributed by atoms with Crippen molar-refractivity contribution >= 4 is 24.7 Å². The van der Waals surface area contributed by atoms with Crippen molar-refractivity contribution in [3.8, 4) is 0 Å². The van der Waals surface area contributed by atoms with E-state index in [0.29, 0.717) is 6.42 Å². The Morgan fingerprint density at radius 1 is 1.19 bits per heavy atom. The minimum atomic E-state index is -3.53. The van der Waals surface area contributed by atoms with Crippen LogP contribution >= 0.6 is 0 Å². The molecule has 0 N–H and O–H groups in total. The van der Waals surface area contributed by atoms with E-state index in [0.717, 1.165) is 19.0 Å². The average Bonchev–Trinajstić information content (AvgIpc) is 2.31. The lowest BCUT2D eigenvalue weighted by atomic mass is 9.88. The van der Waals surface area contributed by atoms with Crippen LogP contribution in [-0.4, -0.2) is 41.5 Å². The van der Waals surface area contributed by atoms with Gasteiger partial charge in [-0.25, -0.2) is 0 Å². The minimum Gasteiger partial charge on any atom is -0.414 e. The quantitative estimate of drug-likeness (QED) is 0.348. The fourth-order valence-electron chi connectivity index (χ4n) is 2.30. The molecule has 0 spiro atoms. The van der Waals surface area contributed by atoms with Gasteiger partial charge in [0.2, 0.25) is 0 Å². The molecule has 0 rings (SSSR count). The van der Waals surface area contributed by atoms with E-state index in [1.807, 2.05) is 13.8 Å². The molecule has 0 heterocycles. The average molecular weight is 339 g/mol. The Morgan fingerprint density at radius 2 is 1.71 bits per heavy atom. The number of hydrogen-bond donors (Lipinski definition) is 0. The number of carbonyl (C=O) groups excluding carboxylic acids is 1. The summed E-state index contributed by atoms with van der Waals surface area (Å²) in [6, 6.07) is 0. The summed E-state index contributed by atoms with van der Waals surface area (Å²) in [5, 5.41) is 0. The van der Waals surface area contributed by atoms with Crippen molar-refractivity contribution in [3.05, 3.63) is 0 Å². The van der Waals surface area contributed by atoms with E-state index >= 15 is 0 Å². The summed E-state index contributed by atoms with van der Waals surface area (Å²) in [5.74, 6) is -0.471. The summed E-state index contributed by atoms with van der Waals surface area (Å²) in [6.07, 6.45) is 2.55. The highest BCUT2D eigenvalue weighted by atomic mass is 32.2. The van der Waals surface area contributed by atoms with Gasteiger partial charge < -0.3 is 9.22 Å². The first kappa shape index (κ1) is 20.8. The van der Waals surface area contributed by atoms with Gasteiger partial charge in [0.1, 0.15) is 6.29 Å². The standard InChI is InChI=1S/C14H30O5SSi/c1-8-9-13(18-20(4,16)17)12(3)14(11(2)10-15)19-21(5,6)7/h10-14H,8-9H2,1-7H3/t11-,12-,13+,14-/m0/s1. The summed E-state index contributed by atoms with van der Waals surface area (Å²) < 4.78 is 34.2. The van der Waals surface area contributed by atoms with Gasteiger partial charge in [0.05, 0.1) is 18.5 Å². The molecule has 0 bridgehead atoms. The van der Waals surface area contributed by atoms with Crippen molar-refractivity contribution in [1.82, 2.24) is 0 Å². The van der Waals surface area contributed by atoms with Crippen LogP contribution in [0, 0.1) is 11.8 Å². The molecule has 0 aliphatic carbocycles. The van der Waals surface area contributed by atoms with Crippen LogP contribution < -0.4 is 0 Å². The van der Waals surface area contributed by atoms with Crippen molar-refractivity contribution in [2.75, 3.05) is 6.26 Å².